The Hall–Kier alpha value is -0.120. The maximum absolute atomic E-state index is 6.08. The second-order valence-corrected chi connectivity index (χ2v) is 5.51. The highest BCUT2D eigenvalue weighted by Gasteiger charge is 2.34. The van der Waals surface area contributed by atoms with Gasteiger partial charge in [0.05, 0.1) is 18.8 Å². The molecule has 0 bridgehead atoms. The second kappa shape index (κ2) is 5.28. The average Bonchev–Trinajstić information content (AvgIpc) is 2.11. The number of nitrogens with two attached hydrogens (primary N) is 1. The zero-order chi connectivity index (χ0) is 11.5. The lowest BCUT2D eigenvalue weighted by atomic mass is 9.74. The third-order valence-corrected chi connectivity index (χ3v) is 3.19. The van der Waals surface area contributed by atoms with E-state index in [1.165, 1.54) is 6.42 Å². The van der Waals surface area contributed by atoms with Crippen molar-refractivity contribution in [1.82, 2.24) is 0 Å². The van der Waals surface area contributed by atoms with Crippen molar-refractivity contribution >= 4 is 0 Å². The van der Waals surface area contributed by atoms with Crippen LogP contribution in [0, 0.1) is 5.41 Å². The molecule has 3 nitrogen and oxygen atoms in total. The van der Waals surface area contributed by atoms with Crippen LogP contribution in [0.25, 0.3) is 0 Å². The highest BCUT2D eigenvalue weighted by Crippen LogP contribution is 2.36. The lowest BCUT2D eigenvalue weighted by Crippen LogP contribution is -2.46. The summed E-state index contributed by atoms with van der Waals surface area (Å²) in [7, 11) is 1.70. The predicted octanol–water partition coefficient (Wildman–Crippen LogP) is 1.94. The van der Waals surface area contributed by atoms with Gasteiger partial charge in [0.25, 0.3) is 0 Å². The minimum Gasteiger partial charge on any atom is -0.382 e. The lowest BCUT2D eigenvalue weighted by molar-refractivity contribution is -0.0783. The summed E-state index contributed by atoms with van der Waals surface area (Å²) in [5.41, 5.74) is 6.45. The molecule has 1 fully saturated rings. The van der Waals surface area contributed by atoms with E-state index in [9.17, 15) is 0 Å². The zero-order valence-electron chi connectivity index (χ0n) is 10.5. The van der Waals surface area contributed by atoms with Crippen LogP contribution in [0.5, 0.6) is 0 Å². The van der Waals surface area contributed by atoms with Gasteiger partial charge in [-0.2, -0.15) is 0 Å². The highest BCUT2D eigenvalue weighted by molar-refractivity contribution is 4.88. The van der Waals surface area contributed by atoms with Crippen molar-refractivity contribution in [3.63, 3.8) is 0 Å². The zero-order valence-corrected chi connectivity index (χ0v) is 10.5. The number of hydrogen-bond acceptors (Lipinski definition) is 3. The van der Waals surface area contributed by atoms with Crippen LogP contribution in [0.4, 0.5) is 0 Å². The SMILES string of the molecule is COCC(C)OC1CC(C)(C)CCC1N. The molecule has 0 radical (unpaired) electrons. The maximum Gasteiger partial charge on any atom is 0.0784 e. The van der Waals surface area contributed by atoms with E-state index in [-0.39, 0.29) is 18.2 Å². The van der Waals surface area contributed by atoms with Crippen LogP contribution in [0.2, 0.25) is 0 Å². The first-order valence-electron chi connectivity index (χ1n) is 5.84. The summed E-state index contributed by atoms with van der Waals surface area (Å²) in [6.45, 7) is 7.26. The van der Waals surface area contributed by atoms with E-state index in [0.717, 1.165) is 12.8 Å². The largest absolute Gasteiger partial charge is 0.382 e. The molecule has 0 amide bonds. The Labute approximate surface area is 93.3 Å². The Bertz CT molecular complexity index is 194. The fourth-order valence-electron chi connectivity index (χ4n) is 2.26. The molecule has 2 N–H and O–H groups in total. The third kappa shape index (κ3) is 4.09. The molecule has 3 unspecified atom stereocenters. The molecule has 0 aliphatic heterocycles. The van der Waals surface area contributed by atoms with Gasteiger partial charge in [-0.25, -0.2) is 0 Å². The van der Waals surface area contributed by atoms with E-state index in [1.807, 2.05) is 6.92 Å². The molecule has 1 rings (SSSR count). The topological polar surface area (TPSA) is 44.5 Å². The first kappa shape index (κ1) is 12.9. The van der Waals surface area contributed by atoms with E-state index in [1.54, 1.807) is 7.11 Å². The molecular weight excluding hydrogens is 190 g/mol. The number of rotatable bonds is 4. The van der Waals surface area contributed by atoms with Crippen LogP contribution in [0.3, 0.4) is 0 Å². The molecule has 15 heavy (non-hydrogen) atoms. The Morgan fingerprint density at radius 3 is 2.73 bits per heavy atom. The Morgan fingerprint density at radius 1 is 1.47 bits per heavy atom. The quantitative estimate of drug-likeness (QED) is 0.779. The standard InChI is InChI=1S/C12H25NO2/c1-9(8-14-4)15-11-7-12(2,3)6-5-10(11)13/h9-11H,5-8,13H2,1-4H3. The monoisotopic (exact) mass is 215 g/mol. The number of methoxy groups -OCH3 is 1. The van der Waals surface area contributed by atoms with Gasteiger partial charge in [0.1, 0.15) is 0 Å². The van der Waals surface area contributed by atoms with E-state index < -0.39 is 0 Å². The maximum atomic E-state index is 6.08. The highest BCUT2D eigenvalue weighted by atomic mass is 16.5. The van der Waals surface area contributed by atoms with Crippen LogP contribution in [0.1, 0.15) is 40.0 Å². The Balaban J connectivity index is 2.44. The summed E-state index contributed by atoms with van der Waals surface area (Å²) < 4.78 is 11.0. The molecule has 1 aliphatic rings. The molecular formula is C12H25NO2. The van der Waals surface area contributed by atoms with Gasteiger partial charge in [-0.15, -0.1) is 0 Å². The summed E-state index contributed by atoms with van der Waals surface area (Å²) in [5.74, 6) is 0. The van der Waals surface area contributed by atoms with Gasteiger partial charge in [-0.1, -0.05) is 13.8 Å². The minimum atomic E-state index is 0.139. The van der Waals surface area contributed by atoms with E-state index >= 15 is 0 Å². The second-order valence-electron chi connectivity index (χ2n) is 5.51. The first-order chi connectivity index (χ1) is 6.94. The Kier molecular flexibility index (Phi) is 4.56. The summed E-state index contributed by atoms with van der Waals surface area (Å²) >= 11 is 0. The van der Waals surface area contributed by atoms with Crippen LogP contribution in [-0.2, 0) is 9.47 Å². The molecule has 0 aromatic carbocycles. The molecule has 0 aromatic heterocycles. The molecule has 0 heterocycles. The van der Waals surface area contributed by atoms with Crippen molar-refractivity contribution in [2.75, 3.05) is 13.7 Å². The van der Waals surface area contributed by atoms with E-state index in [2.05, 4.69) is 13.8 Å². The molecule has 0 spiro atoms. The van der Waals surface area contributed by atoms with Crippen molar-refractivity contribution in [2.45, 2.75) is 58.3 Å². The normalized spacial score (nSPS) is 32.6. The van der Waals surface area contributed by atoms with Crippen molar-refractivity contribution < 1.29 is 9.47 Å². The molecule has 1 aliphatic carbocycles. The van der Waals surface area contributed by atoms with Gasteiger partial charge >= 0.3 is 0 Å². The molecule has 3 heteroatoms. The first-order valence-corrected chi connectivity index (χ1v) is 5.84. The van der Waals surface area contributed by atoms with Crippen LogP contribution < -0.4 is 5.73 Å². The fraction of sp³-hybridized carbons (Fsp3) is 1.00. The smallest absolute Gasteiger partial charge is 0.0784 e. The molecule has 0 saturated heterocycles. The number of ether oxygens (including phenoxy) is 2. The third-order valence-electron chi connectivity index (χ3n) is 3.19. The number of hydrogen-bond donors (Lipinski definition) is 1. The van der Waals surface area contributed by atoms with Crippen LogP contribution in [-0.4, -0.2) is 32.0 Å². The Morgan fingerprint density at radius 2 is 2.13 bits per heavy atom. The lowest BCUT2D eigenvalue weighted by Gasteiger charge is -2.40. The van der Waals surface area contributed by atoms with Gasteiger partial charge in [-0.3, -0.25) is 0 Å². The van der Waals surface area contributed by atoms with Crippen molar-refractivity contribution in [3.8, 4) is 0 Å². The minimum absolute atomic E-state index is 0.139. The average molecular weight is 215 g/mol. The van der Waals surface area contributed by atoms with Crippen molar-refractivity contribution in [3.05, 3.63) is 0 Å². The molecule has 1 saturated carbocycles. The molecule has 90 valence electrons. The molecule has 0 aromatic rings. The van der Waals surface area contributed by atoms with Gasteiger partial charge < -0.3 is 15.2 Å². The fourth-order valence-corrected chi connectivity index (χ4v) is 2.26. The van der Waals surface area contributed by atoms with Gasteiger partial charge in [0.15, 0.2) is 0 Å². The summed E-state index contributed by atoms with van der Waals surface area (Å²) in [6.07, 6.45) is 3.66. The van der Waals surface area contributed by atoms with Crippen molar-refractivity contribution in [1.29, 1.82) is 0 Å². The predicted molar refractivity (Wildman–Crippen MR) is 61.8 cm³/mol. The summed E-state index contributed by atoms with van der Waals surface area (Å²) in [5, 5.41) is 0. The van der Waals surface area contributed by atoms with Crippen LogP contribution >= 0.6 is 0 Å². The summed E-state index contributed by atoms with van der Waals surface area (Å²) in [6, 6.07) is 0.192. The van der Waals surface area contributed by atoms with Crippen molar-refractivity contribution in [2.24, 2.45) is 11.1 Å². The van der Waals surface area contributed by atoms with Gasteiger partial charge in [-0.05, 0) is 31.6 Å². The summed E-state index contributed by atoms with van der Waals surface area (Å²) in [4.78, 5) is 0. The van der Waals surface area contributed by atoms with E-state index in [0.29, 0.717) is 12.0 Å². The molecule has 3 atom stereocenters. The van der Waals surface area contributed by atoms with Gasteiger partial charge in [0.2, 0.25) is 0 Å². The van der Waals surface area contributed by atoms with Gasteiger partial charge in [0, 0.05) is 13.2 Å². The van der Waals surface area contributed by atoms with Crippen LogP contribution in [0.15, 0.2) is 0 Å². The van der Waals surface area contributed by atoms with E-state index in [4.69, 9.17) is 15.2 Å².